The fourth-order valence-corrected chi connectivity index (χ4v) is 2.94. The number of aromatic nitrogens is 3. The Morgan fingerprint density at radius 2 is 1.95 bits per heavy atom. The largest absolute Gasteiger partial charge is 0.357 e. The van der Waals surface area contributed by atoms with E-state index in [1.165, 1.54) is 44.9 Å². The molecule has 0 bridgehead atoms. The second-order valence-electron chi connectivity index (χ2n) is 6.09. The van der Waals surface area contributed by atoms with Gasteiger partial charge in [-0.25, -0.2) is 9.98 Å². The molecule has 0 unspecified atom stereocenters. The molecule has 1 aliphatic carbocycles. The predicted molar refractivity (Wildman–Crippen MR) is 89.6 cm³/mol. The van der Waals surface area contributed by atoms with Gasteiger partial charge in [0.05, 0.1) is 0 Å². The third-order valence-corrected chi connectivity index (χ3v) is 4.31. The van der Waals surface area contributed by atoms with E-state index in [1.807, 2.05) is 7.05 Å². The van der Waals surface area contributed by atoms with Gasteiger partial charge in [-0.15, -0.1) is 0 Å². The second-order valence-corrected chi connectivity index (χ2v) is 6.09. The summed E-state index contributed by atoms with van der Waals surface area (Å²) in [6.07, 6.45) is 11.2. The van der Waals surface area contributed by atoms with Crippen LogP contribution in [0.5, 0.6) is 0 Å². The highest BCUT2D eigenvalue weighted by atomic mass is 15.3. The molecule has 2 N–H and O–H groups in total. The molecule has 22 heavy (non-hydrogen) atoms. The van der Waals surface area contributed by atoms with Crippen LogP contribution in [0.3, 0.4) is 0 Å². The van der Waals surface area contributed by atoms with Crippen LogP contribution in [0.4, 0.5) is 0 Å². The molecule has 0 aliphatic heterocycles. The summed E-state index contributed by atoms with van der Waals surface area (Å²) in [4.78, 5) is 8.82. The van der Waals surface area contributed by atoms with Crippen molar-refractivity contribution in [2.75, 3.05) is 13.1 Å². The topological polar surface area (TPSA) is 67.1 Å². The van der Waals surface area contributed by atoms with Gasteiger partial charge in [0.15, 0.2) is 5.96 Å². The van der Waals surface area contributed by atoms with E-state index in [0.717, 1.165) is 30.8 Å². The zero-order valence-corrected chi connectivity index (χ0v) is 14.0. The summed E-state index contributed by atoms with van der Waals surface area (Å²) in [6, 6.07) is 0. The lowest BCUT2D eigenvalue weighted by Crippen LogP contribution is -2.40. The van der Waals surface area contributed by atoms with E-state index in [2.05, 4.69) is 32.6 Å². The summed E-state index contributed by atoms with van der Waals surface area (Å²) in [5.41, 5.74) is 0. The van der Waals surface area contributed by atoms with E-state index >= 15 is 0 Å². The van der Waals surface area contributed by atoms with E-state index in [-0.39, 0.29) is 0 Å². The summed E-state index contributed by atoms with van der Waals surface area (Å²) < 4.78 is 1.77. The molecule has 0 atom stereocenters. The first kappa shape index (κ1) is 16.8. The normalized spacial score (nSPS) is 17.8. The van der Waals surface area contributed by atoms with Crippen LogP contribution in [0.25, 0.3) is 0 Å². The molecule has 1 aromatic rings. The highest BCUT2D eigenvalue weighted by Gasteiger charge is 2.12. The number of nitrogens with one attached hydrogen (secondary N) is 2. The highest BCUT2D eigenvalue weighted by Crippen LogP contribution is 2.21. The van der Waals surface area contributed by atoms with Crippen LogP contribution in [-0.4, -0.2) is 33.8 Å². The number of guanidine groups is 1. The van der Waals surface area contributed by atoms with E-state index in [1.54, 1.807) is 11.0 Å². The van der Waals surface area contributed by atoms with Crippen LogP contribution >= 0.6 is 0 Å². The first-order valence-electron chi connectivity index (χ1n) is 8.64. The Hall–Kier alpha value is -1.59. The molecular weight excluding hydrogens is 276 g/mol. The van der Waals surface area contributed by atoms with Crippen LogP contribution in [0.2, 0.25) is 0 Å². The Morgan fingerprint density at radius 1 is 1.23 bits per heavy atom. The first-order valence-corrected chi connectivity index (χ1v) is 8.64. The number of hydrogen-bond acceptors (Lipinski definition) is 3. The fourth-order valence-electron chi connectivity index (χ4n) is 2.94. The summed E-state index contributed by atoms with van der Waals surface area (Å²) in [7, 11) is 1.90. The third kappa shape index (κ3) is 5.66. The molecule has 0 aromatic carbocycles. The van der Waals surface area contributed by atoms with Crippen molar-refractivity contribution in [3.05, 3.63) is 12.2 Å². The van der Waals surface area contributed by atoms with Gasteiger partial charge in [0.1, 0.15) is 18.7 Å². The number of aliphatic imine (C=N–C) groups is 1. The van der Waals surface area contributed by atoms with Gasteiger partial charge in [-0.2, -0.15) is 5.10 Å². The molecule has 124 valence electrons. The molecule has 0 saturated heterocycles. The average Bonchev–Trinajstić information content (AvgIpc) is 2.88. The zero-order chi connectivity index (χ0) is 15.6. The Kier molecular flexibility index (Phi) is 7.19. The molecule has 1 aromatic heterocycles. The van der Waals surface area contributed by atoms with Crippen molar-refractivity contribution in [3.8, 4) is 0 Å². The lowest BCUT2D eigenvalue weighted by molar-refractivity contribution is 0.375. The number of aryl methyl sites for hydroxylation is 1. The maximum Gasteiger partial charge on any atom is 0.191 e. The van der Waals surface area contributed by atoms with Crippen molar-refractivity contribution in [1.82, 2.24) is 25.4 Å². The van der Waals surface area contributed by atoms with Gasteiger partial charge in [0.2, 0.25) is 0 Å². The minimum absolute atomic E-state index is 0.552. The van der Waals surface area contributed by atoms with E-state index in [9.17, 15) is 0 Å². The fraction of sp³-hybridized carbons (Fsp3) is 0.812. The van der Waals surface area contributed by atoms with Gasteiger partial charge < -0.3 is 10.6 Å². The van der Waals surface area contributed by atoms with Gasteiger partial charge in [-0.1, -0.05) is 32.1 Å². The lowest BCUT2D eigenvalue weighted by Gasteiger charge is -2.21. The quantitative estimate of drug-likeness (QED) is 0.646. The minimum Gasteiger partial charge on any atom is -0.357 e. The SMILES string of the molecule is CCNC(=NCc1ncnn1C)NCC1CCCCCCC1. The Balaban J connectivity index is 1.83. The molecular formula is C16H30N6. The van der Waals surface area contributed by atoms with Gasteiger partial charge in [-0.3, -0.25) is 4.68 Å². The molecule has 0 spiro atoms. The molecule has 0 radical (unpaired) electrons. The molecule has 0 amide bonds. The summed E-state index contributed by atoms with van der Waals surface area (Å²) in [5, 5.41) is 10.9. The molecule has 6 nitrogen and oxygen atoms in total. The van der Waals surface area contributed by atoms with Crippen LogP contribution in [0, 0.1) is 5.92 Å². The third-order valence-electron chi connectivity index (χ3n) is 4.31. The minimum atomic E-state index is 0.552. The van der Waals surface area contributed by atoms with Crippen molar-refractivity contribution in [2.45, 2.75) is 58.4 Å². The van der Waals surface area contributed by atoms with Crippen LogP contribution < -0.4 is 10.6 Å². The van der Waals surface area contributed by atoms with Crippen molar-refractivity contribution in [2.24, 2.45) is 18.0 Å². The summed E-state index contributed by atoms with van der Waals surface area (Å²) in [6.45, 7) is 4.53. The molecule has 6 heteroatoms. The van der Waals surface area contributed by atoms with Crippen molar-refractivity contribution < 1.29 is 0 Å². The average molecular weight is 306 g/mol. The van der Waals surface area contributed by atoms with E-state index in [0.29, 0.717) is 6.54 Å². The Labute approximate surface area is 133 Å². The smallest absolute Gasteiger partial charge is 0.191 e. The number of rotatable bonds is 5. The zero-order valence-electron chi connectivity index (χ0n) is 14.0. The van der Waals surface area contributed by atoms with Crippen LogP contribution in [-0.2, 0) is 13.6 Å². The van der Waals surface area contributed by atoms with E-state index in [4.69, 9.17) is 0 Å². The predicted octanol–water partition coefficient (Wildman–Crippen LogP) is 2.23. The Morgan fingerprint density at radius 3 is 2.59 bits per heavy atom. The van der Waals surface area contributed by atoms with Crippen LogP contribution in [0.15, 0.2) is 11.3 Å². The van der Waals surface area contributed by atoms with Crippen LogP contribution in [0.1, 0.15) is 57.7 Å². The maximum absolute atomic E-state index is 4.61. The molecule has 1 aliphatic rings. The van der Waals surface area contributed by atoms with E-state index < -0.39 is 0 Å². The highest BCUT2D eigenvalue weighted by molar-refractivity contribution is 5.79. The summed E-state index contributed by atoms with van der Waals surface area (Å²) in [5.74, 6) is 2.54. The molecule has 1 fully saturated rings. The van der Waals surface area contributed by atoms with Crippen molar-refractivity contribution in [1.29, 1.82) is 0 Å². The number of nitrogens with zero attached hydrogens (tertiary/aromatic N) is 4. The second kappa shape index (κ2) is 9.43. The van der Waals surface area contributed by atoms with Crippen molar-refractivity contribution >= 4 is 5.96 Å². The monoisotopic (exact) mass is 306 g/mol. The van der Waals surface area contributed by atoms with Gasteiger partial charge in [0, 0.05) is 20.1 Å². The van der Waals surface area contributed by atoms with Gasteiger partial charge in [0.25, 0.3) is 0 Å². The number of hydrogen-bond donors (Lipinski definition) is 2. The molecule has 1 heterocycles. The van der Waals surface area contributed by atoms with Crippen molar-refractivity contribution in [3.63, 3.8) is 0 Å². The molecule has 1 saturated carbocycles. The lowest BCUT2D eigenvalue weighted by atomic mass is 9.91. The van der Waals surface area contributed by atoms with Gasteiger partial charge in [-0.05, 0) is 25.7 Å². The standard InChI is InChI=1S/C16H30N6/c1-3-17-16(19-12-15-20-13-21-22(15)2)18-11-14-9-7-5-4-6-8-10-14/h13-14H,3-12H2,1-2H3,(H2,17,18,19). The first-order chi connectivity index (χ1) is 10.8. The maximum atomic E-state index is 4.61. The Bertz CT molecular complexity index is 445. The molecule has 2 rings (SSSR count). The van der Waals surface area contributed by atoms with Gasteiger partial charge >= 0.3 is 0 Å². The summed E-state index contributed by atoms with van der Waals surface area (Å²) >= 11 is 0.